The minimum absolute atomic E-state index is 0.0427. The van der Waals surface area contributed by atoms with Crippen LogP contribution in [0.5, 0.6) is 0 Å². The minimum atomic E-state index is 0.0427. The molecule has 0 fully saturated rings. The molecule has 0 saturated carbocycles. The van der Waals surface area contributed by atoms with E-state index in [4.69, 9.17) is 0 Å². The van der Waals surface area contributed by atoms with E-state index in [-0.39, 0.29) is 5.91 Å². The fourth-order valence-corrected chi connectivity index (χ4v) is 2.24. The highest BCUT2D eigenvalue weighted by Crippen LogP contribution is 2.18. The quantitative estimate of drug-likeness (QED) is 0.822. The standard InChI is InChI=1S/C14H26N4O/c1-6-8-18(9-7-2)10-13(19)15-14-11(3)16-17(5)12(14)4/h6-10H2,1-5H3,(H,15,19). The molecule has 19 heavy (non-hydrogen) atoms. The van der Waals surface area contributed by atoms with Gasteiger partial charge in [-0.15, -0.1) is 0 Å². The van der Waals surface area contributed by atoms with E-state index in [0.717, 1.165) is 43.0 Å². The molecule has 0 atom stereocenters. The molecule has 1 aromatic heterocycles. The van der Waals surface area contributed by atoms with Gasteiger partial charge in [-0.25, -0.2) is 0 Å². The monoisotopic (exact) mass is 266 g/mol. The predicted octanol–water partition coefficient (Wildman–Crippen LogP) is 2.10. The summed E-state index contributed by atoms with van der Waals surface area (Å²) in [5.74, 6) is 0.0427. The molecule has 0 spiro atoms. The number of rotatable bonds is 7. The summed E-state index contributed by atoms with van der Waals surface area (Å²) in [7, 11) is 1.89. The number of carbonyl (C=O) groups is 1. The molecule has 0 bridgehead atoms. The predicted molar refractivity (Wildman–Crippen MR) is 78.3 cm³/mol. The minimum Gasteiger partial charge on any atom is -0.322 e. The highest BCUT2D eigenvalue weighted by atomic mass is 16.2. The summed E-state index contributed by atoms with van der Waals surface area (Å²) < 4.78 is 1.79. The van der Waals surface area contributed by atoms with Crippen LogP contribution in [-0.4, -0.2) is 40.2 Å². The van der Waals surface area contributed by atoms with E-state index in [1.54, 1.807) is 4.68 Å². The smallest absolute Gasteiger partial charge is 0.238 e. The zero-order chi connectivity index (χ0) is 14.4. The van der Waals surface area contributed by atoms with E-state index in [0.29, 0.717) is 6.54 Å². The molecular weight excluding hydrogens is 240 g/mol. The first kappa shape index (κ1) is 15.7. The fraction of sp³-hybridized carbons (Fsp3) is 0.714. The Kier molecular flexibility index (Phi) is 6.02. The van der Waals surface area contributed by atoms with Crippen LogP contribution in [0.25, 0.3) is 0 Å². The van der Waals surface area contributed by atoms with E-state index in [1.165, 1.54) is 0 Å². The van der Waals surface area contributed by atoms with E-state index >= 15 is 0 Å². The summed E-state index contributed by atoms with van der Waals surface area (Å²) in [4.78, 5) is 14.3. The summed E-state index contributed by atoms with van der Waals surface area (Å²) >= 11 is 0. The number of anilines is 1. The molecule has 0 radical (unpaired) electrons. The largest absolute Gasteiger partial charge is 0.322 e. The van der Waals surface area contributed by atoms with Crippen LogP contribution >= 0.6 is 0 Å². The number of amides is 1. The van der Waals surface area contributed by atoms with Crippen molar-refractivity contribution >= 4 is 11.6 Å². The lowest BCUT2D eigenvalue weighted by Crippen LogP contribution is -2.34. The van der Waals surface area contributed by atoms with Gasteiger partial charge in [0, 0.05) is 7.05 Å². The highest BCUT2D eigenvalue weighted by molar-refractivity contribution is 5.93. The molecule has 1 amide bonds. The van der Waals surface area contributed by atoms with Crippen LogP contribution in [0.2, 0.25) is 0 Å². The van der Waals surface area contributed by atoms with Crippen molar-refractivity contribution in [3.8, 4) is 0 Å². The van der Waals surface area contributed by atoms with Crippen LogP contribution in [0.3, 0.4) is 0 Å². The van der Waals surface area contributed by atoms with Gasteiger partial charge in [0.25, 0.3) is 0 Å². The Hall–Kier alpha value is -1.36. The third kappa shape index (κ3) is 4.35. The average molecular weight is 266 g/mol. The Morgan fingerprint density at radius 2 is 1.84 bits per heavy atom. The Bertz CT molecular complexity index is 419. The Labute approximate surface area is 116 Å². The highest BCUT2D eigenvalue weighted by Gasteiger charge is 2.14. The first-order valence-corrected chi connectivity index (χ1v) is 7.02. The second kappa shape index (κ2) is 7.28. The van der Waals surface area contributed by atoms with Gasteiger partial charge in [-0.1, -0.05) is 13.8 Å². The lowest BCUT2D eigenvalue weighted by Gasteiger charge is -2.20. The topological polar surface area (TPSA) is 50.2 Å². The number of nitrogens with one attached hydrogen (secondary N) is 1. The van der Waals surface area contributed by atoms with Crippen molar-refractivity contribution in [1.29, 1.82) is 0 Å². The maximum atomic E-state index is 12.1. The van der Waals surface area contributed by atoms with Crippen molar-refractivity contribution in [2.24, 2.45) is 7.05 Å². The van der Waals surface area contributed by atoms with Crippen molar-refractivity contribution < 1.29 is 4.79 Å². The van der Waals surface area contributed by atoms with Crippen LogP contribution in [0, 0.1) is 13.8 Å². The van der Waals surface area contributed by atoms with E-state index in [2.05, 4.69) is 29.2 Å². The number of aryl methyl sites for hydroxylation is 2. The molecule has 0 aliphatic rings. The number of hydrogen-bond acceptors (Lipinski definition) is 3. The van der Waals surface area contributed by atoms with Crippen molar-refractivity contribution in [3.63, 3.8) is 0 Å². The van der Waals surface area contributed by atoms with Gasteiger partial charge in [-0.05, 0) is 39.8 Å². The van der Waals surface area contributed by atoms with Crippen LogP contribution < -0.4 is 5.32 Å². The fourth-order valence-electron chi connectivity index (χ4n) is 2.24. The molecule has 1 heterocycles. The van der Waals surface area contributed by atoms with Gasteiger partial charge in [0.1, 0.15) is 0 Å². The summed E-state index contributed by atoms with van der Waals surface area (Å²) in [6, 6.07) is 0. The summed E-state index contributed by atoms with van der Waals surface area (Å²) in [6.45, 7) is 10.5. The van der Waals surface area contributed by atoms with Gasteiger partial charge in [-0.3, -0.25) is 14.4 Å². The van der Waals surface area contributed by atoms with Crippen molar-refractivity contribution in [2.45, 2.75) is 40.5 Å². The van der Waals surface area contributed by atoms with Gasteiger partial charge in [0.05, 0.1) is 23.6 Å². The van der Waals surface area contributed by atoms with Gasteiger partial charge >= 0.3 is 0 Å². The van der Waals surface area contributed by atoms with Gasteiger partial charge in [0.2, 0.25) is 5.91 Å². The third-order valence-electron chi connectivity index (χ3n) is 3.22. The summed E-state index contributed by atoms with van der Waals surface area (Å²) in [5.41, 5.74) is 2.70. The Morgan fingerprint density at radius 3 is 2.26 bits per heavy atom. The number of nitrogens with zero attached hydrogens (tertiary/aromatic N) is 3. The number of carbonyl (C=O) groups excluding carboxylic acids is 1. The van der Waals surface area contributed by atoms with Gasteiger partial charge in [0.15, 0.2) is 0 Å². The molecule has 5 heteroatoms. The van der Waals surface area contributed by atoms with Crippen LogP contribution in [0.1, 0.15) is 38.1 Å². The van der Waals surface area contributed by atoms with Crippen LogP contribution in [0.4, 0.5) is 5.69 Å². The van der Waals surface area contributed by atoms with Crippen LogP contribution in [-0.2, 0) is 11.8 Å². The van der Waals surface area contributed by atoms with Crippen molar-refractivity contribution in [3.05, 3.63) is 11.4 Å². The molecule has 1 N–H and O–H groups in total. The van der Waals surface area contributed by atoms with E-state index in [9.17, 15) is 4.79 Å². The summed E-state index contributed by atoms with van der Waals surface area (Å²) in [6.07, 6.45) is 2.14. The zero-order valence-corrected chi connectivity index (χ0v) is 12.8. The Balaban J connectivity index is 2.63. The van der Waals surface area contributed by atoms with Gasteiger partial charge < -0.3 is 5.32 Å². The maximum absolute atomic E-state index is 12.1. The second-order valence-electron chi connectivity index (χ2n) is 4.99. The molecule has 0 aliphatic heterocycles. The van der Waals surface area contributed by atoms with Crippen LogP contribution in [0.15, 0.2) is 0 Å². The molecule has 0 saturated heterocycles. The third-order valence-corrected chi connectivity index (χ3v) is 3.22. The SMILES string of the molecule is CCCN(CCC)CC(=O)Nc1c(C)nn(C)c1C. The van der Waals surface area contributed by atoms with Crippen molar-refractivity contribution in [1.82, 2.24) is 14.7 Å². The first-order valence-electron chi connectivity index (χ1n) is 7.02. The molecule has 0 unspecified atom stereocenters. The van der Waals surface area contributed by atoms with E-state index in [1.807, 2.05) is 20.9 Å². The number of hydrogen-bond donors (Lipinski definition) is 1. The lowest BCUT2D eigenvalue weighted by atomic mass is 10.3. The van der Waals surface area contributed by atoms with E-state index < -0.39 is 0 Å². The number of aromatic nitrogens is 2. The zero-order valence-electron chi connectivity index (χ0n) is 12.8. The maximum Gasteiger partial charge on any atom is 0.238 e. The molecule has 0 aromatic carbocycles. The lowest BCUT2D eigenvalue weighted by molar-refractivity contribution is -0.117. The normalized spacial score (nSPS) is 11.1. The molecule has 1 aromatic rings. The summed E-state index contributed by atoms with van der Waals surface area (Å²) in [5, 5.41) is 7.29. The molecular formula is C14H26N4O. The molecule has 5 nitrogen and oxygen atoms in total. The van der Waals surface area contributed by atoms with Crippen molar-refractivity contribution in [2.75, 3.05) is 25.0 Å². The average Bonchev–Trinajstić information content (AvgIpc) is 2.57. The molecule has 1 rings (SSSR count). The molecule has 108 valence electrons. The second-order valence-corrected chi connectivity index (χ2v) is 4.99. The Morgan fingerprint density at radius 1 is 1.26 bits per heavy atom. The molecule has 0 aliphatic carbocycles. The van der Waals surface area contributed by atoms with Gasteiger partial charge in [-0.2, -0.15) is 5.10 Å². The first-order chi connectivity index (χ1) is 8.99.